The Balaban J connectivity index is 1.64. The summed E-state index contributed by atoms with van der Waals surface area (Å²) in [6.07, 6.45) is 0. The third-order valence-corrected chi connectivity index (χ3v) is 5.71. The molecule has 0 unspecified atom stereocenters. The van der Waals surface area contributed by atoms with Crippen LogP contribution in [-0.2, 0) is 0 Å². The highest BCUT2D eigenvalue weighted by molar-refractivity contribution is 5.79. The Hall–Kier alpha value is -4.99. The van der Waals surface area contributed by atoms with E-state index in [4.69, 9.17) is 11.6 Å². The van der Waals surface area contributed by atoms with Crippen LogP contribution in [0.5, 0.6) is 0 Å². The van der Waals surface area contributed by atoms with Crippen LogP contribution in [-0.4, -0.2) is 4.98 Å². The quantitative estimate of drug-likeness (QED) is 0.268. The molecule has 34 heavy (non-hydrogen) atoms. The standard InChI is InChI=1S/C31H19N3/c1-33-29-12-6-11-27(18-29)31-20-28(19-30(34-31)26-10-5-7-22(17-26)21-32)25-15-13-24(14-16-25)23-8-3-2-4-9-23/h2-20H. The van der Waals surface area contributed by atoms with E-state index in [-0.39, 0.29) is 0 Å². The van der Waals surface area contributed by atoms with Gasteiger partial charge in [0.25, 0.3) is 0 Å². The van der Waals surface area contributed by atoms with Crippen molar-refractivity contribution in [2.75, 3.05) is 0 Å². The van der Waals surface area contributed by atoms with Gasteiger partial charge in [0.15, 0.2) is 5.69 Å². The van der Waals surface area contributed by atoms with E-state index in [1.165, 1.54) is 5.56 Å². The lowest BCUT2D eigenvalue weighted by Gasteiger charge is -2.11. The Morgan fingerprint density at radius 3 is 1.76 bits per heavy atom. The van der Waals surface area contributed by atoms with Crippen molar-refractivity contribution in [3.63, 3.8) is 0 Å². The van der Waals surface area contributed by atoms with Gasteiger partial charge < -0.3 is 0 Å². The van der Waals surface area contributed by atoms with E-state index in [0.717, 1.165) is 39.2 Å². The average molecular weight is 434 g/mol. The number of aromatic nitrogens is 1. The first kappa shape index (κ1) is 20.9. The smallest absolute Gasteiger partial charge is 0.187 e. The van der Waals surface area contributed by atoms with E-state index in [1.807, 2.05) is 54.6 Å². The normalized spacial score (nSPS) is 10.3. The molecule has 5 rings (SSSR count). The van der Waals surface area contributed by atoms with Crippen LogP contribution in [0.25, 0.3) is 49.6 Å². The maximum Gasteiger partial charge on any atom is 0.187 e. The Kier molecular flexibility index (Phi) is 5.68. The summed E-state index contributed by atoms with van der Waals surface area (Å²) >= 11 is 0. The number of benzene rings is 4. The Bertz CT molecular complexity index is 1480. The van der Waals surface area contributed by atoms with Gasteiger partial charge in [-0.15, -0.1) is 0 Å². The lowest BCUT2D eigenvalue weighted by atomic mass is 9.97. The molecule has 0 spiro atoms. The van der Waals surface area contributed by atoms with E-state index in [1.54, 1.807) is 12.1 Å². The second kappa shape index (κ2) is 9.25. The van der Waals surface area contributed by atoms with Crippen LogP contribution >= 0.6 is 0 Å². The van der Waals surface area contributed by atoms with Crippen LogP contribution in [0, 0.1) is 17.9 Å². The molecule has 3 heteroatoms. The summed E-state index contributed by atoms with van der Waals surface area (Å²) in [6.45, 7) is 7.37. The maximum absolute atomic E-state index is 9.35. The average Bonchev–Trinajstić information content (AvgIpc) is 2.93. The molecule has 158 valence electrons. The van der Waals surface area contributed by atoms with Gasteiger partial charge in [0, 0.05) is 5.56 Å². The number of pyridine rings is 1. The number of hydrogen-bond acceptors (Lipinski definition) is 2. The minimum atomic E-state index is 0.574. The van der Waals surface area contributed by atoms with Crippen molar-refractivity contribution >= 4 is 5.69 Å². The first-order chi connectivity index (χ1) is 16.7. The topological polar surface area (TPSA) is 41.0 Å². The molecule has 5 aromatic rings. The lowest BCUT2D eigenvalue weighted by Crippen LogP contribution is -1.92. The fourth-order valence-corrected chi connectivity index (χ4v) is 3.96. The zero-order chi connectivity index (χ0) is 23.3. The molecule has 1 aromatic heterocycles. The van der Waals surface area contributed by atoms with Crippen molar-refractivity contribution in [2.24, 2.45) is 0 Å². The van der Waals surface area contributed by atoms with Gasteiger partial charge in [0.1, 0.15) is 0 Å². The van der Waals surface area contributed by atoms with E-state index in [9.17, 15) is 5.26 Å². The summed E-state index contributed by atoms with van der Waals surface area (Å²) in [5, 5.41) is 9.35. The van der Waals surface area contributed by atoms with E-state index in [2.05, 4.69) is 59.4 Å². The molecular formula is C31H19N3. The Morgan fingerprint density at radius 1 is 0.559 bits per heavy atom. The van der Waals surface area contributed by atoms with Crippen molar-refractivity contribution in [3.05, 3.63) is 132 Å². The number of hydrogen-bond donors (Lipinski definition) is 0. The van der Waals surface area contributed by atoms with Crippen LogP contribution in [0.15, 0.2) is 115 Å². The highest BCUT2D eigenvalue weighted by atomic mass is 14.7. The van der Waals surface area contributed by atoms with E-state index < -0.39 is 0 Å². The van der Waals surface area contributed by atoms with Gasteiger partial charge in [0.05, 0.1) is 29.6 Å². The fourth-order valence-electron chi connectivity index (χ4n) is 3.96. The van der Waals surface area contributed by atoms with Crippen LogP contribution in [0.4, 0.5) is 5.69 Å². The Morgan fingerprint density at radius 2 is 1.12 bits per heavy atom. The minimum absolute atomic E-state index is 0.574. The highest BCUT2D eigenvalue weighted by Crippen LogP contribution is 2.32. The molecule has 0 aliphatic heterocycles. The number of nitrogens with zero attached hydrogens (tertiary/aromatic N) is 3. The van der Waals surface area contributed by atoms with Gasteiger partial charge in [0.2, 0.25) is 0 Å². The van der Waals surface area contributed by atoms with Crippen molar-refractivity contribution in [2.45, 2.75) is 0 Å². The predicted molar refractivity (Wildman–Crippen MR) is 137 cm³/mol. The van der Waals surface area contributed by atoms with Crippen molar-refractivity contribution in [3.8, 4) is 50.8 Å². The number of nitriles is 1. The van der Waals surface area contributed by atoms with Crippen molar-refractivity contribution < 1.29 is 0 Å². The zero-order valence-electron chi connectivity index (χ0n) is 18.3. The minimum Gasteiger partial charge on any atom is -0.248 e. The second-order valence-corrected chi connectivity index (χ2v) is 7.92. The molecule has 0 radical (unpaired) electrons. The zero-order valence-corrected chi connectivity index (χ0v) is 18.3. The second-order valence-electron chi connectivity index (χ2n) is 7.92. The first-order valence-corrected chi connectivity index (χ1v) is 10.9. The van der Waals surface area contributed by atoms with E-state index in [0.29, 0.717) is 11.3 Å². The van der Waals surface area contributed by atoms with Crippen LogP contribution in [0.3, 0.4) is 0 Å². The van der Waals surface area contributed by atoms with Gasteiger partial charge in [-0.05, 0) is 58.1 Å². The summed E-state index contributed by atoms with van der Waals surface area (Å²) in [5.41, 5.74) is 8.92. The Labute approximate surface area is 199 Å². The molecule has 0 bridgehead atoms. The van der Waals surface area contributed by atoms with Crippen molar-refractivity contribution in [1.29, 1.82) is 5.26 Å². The largest absolute Gasteiger partial charge is 0.248 e. The molecule has 0 fully saturated rings. The third-order valence-electron chi connectivity index (χ3n) is 5.71. The van der Waals surface area contributed by atoms with Crippen LogP contribution < -0.4 is 0 Å². The lowest BCUT2D eigenvalue weighted by molar-refractivity contribution is 1.32. The number of rotatable bonds is 4. The summed E-state index contributed by atoms with van der Waals surface area (Å²) in [7, 11) is 0. The van der Waals surface area contributed by atoms with Gasteiger partial charge in [-0.25, -0.2) is 9.83 Å². The van der Waals surface area contributed by atoms with Crippen LogP contribution in [0.2, 0.25) is 0 Å². The molecule has 0 saturated heterocycles. The molecule has 0 N–H and O–H groups in total. The molecular weight excluding hydrogens is 414 g/mol. The molecule has 3 nitrogen and oxygen atoms in total. The molecule has 0 aliphatic rings. The highest BCUT2D eigenvalue weighted by Gasteiger charge is 2.10. The van der Waals surface area contributed by atoms with Gasteiger partial charge in [-0.2, -0.15) is 5.26 Å². The van der Waals surface area contributed by atoms with Gasteiger partial charge in [-0.1, -0.05) is 84.9 Å². The molecule has 4 aromatic carbocycles. The molecule has 0 atom stereocenters. The first-order valence-electron chi connectivity index (χ1n) is 10.9. The van der Waals surface area contributed by atoms with Crippen molar-refractivity contribution in [1.82, 2.24) is 4.98 Å². The maximum atomic E-state index is 9.35. The summed E-state index contributed by atoms with van der Waals surface area (Å²) in [5.74, 6) is 0. The SMILES string of the molecule is [C-]#[N+]c1cccc(-c2cc(-c3ccc(-c4ccccc4)cc3)cc(-c3cccc(C#N)c3)n2)c1. The summed E-state index contributed by atoms with van der Waals surface area (Å²) in [4.78, 5) is 8.47. The molecule has 1 heterocycles. The molecule has 0 saturated carbocycles. The summed E-state index contributed by atoms with van der Waals surface area (Å²) < 4.78 is 0. The molecule has 0 amide bonds. The summed E-state index contributed by atoms with van der Waals surface area (Å²) in [6, 6.07) is 40.1. The monoisotopic (exact) mass is 433 g/mol. The van der Waals surface area contributed by atoms with Gasteiger partial charge in [-0.3, -0.25) is 0 Å². The fraction of sp³-hybridized carbons (Fsp3) is 0. The third kappa shape index (κ3) is 4.32. The molecule has 0 aliphatic carbocycles. The van der Waals surface area contributed by atoms with Gasteiger partial charge >= 0.3 is 0 Å². The van der Waals surface area contributed by atoms with E-state index >= 15 is 0 Å². The predicted octanol–water partition coefficient (Wildman–Crippen LogP) is 8.17. The van der Waals surface area contributed by atoms with Crippen LogP contribution in [0.1, 0.15) is 5.56 Å².